The highest BCUT2D eigenvalue weighted by molar-refractivity contribution is 6.43. The largest absolute Gasteiger partial charge is 0.496 e. The third-order valence-corrected chi connectivity index (χ3v) is 3.38. The molecule has 0 aliphatic heterocycles. The van der Waals surface area contributed by atoms with Gasteiger partial charge in [-0.1, -0.05) is 29.3 Å². The summed E-state index contributed by atoms with van der Waals surface area (Å²) < 4.78 is 10.3. The number of hydrogen-bond acceptors (Lipinski definition) is 5. The number of hydrogen-bond donors (Lipinski definition) is 1. The second kappa shape index (κ2) is 6.60. The molecule has 0 aliphatic carbocycles. The molecule has 1 amide bonds. The maximum absolute atomic E-state index is 12.4. The third kappa shape index (κ3) is 3.17. The Labute approximate surface area is 131 Å². The number of carbonyl (C=O) groups is 1. The predicted octanol–water partition coefficient (Wildman–Crippen LogP) is 3.05. The van der Waals surface area contributed by atoms with E-state index >= 15 is 0 Å². The molecule has 6 nitrogen and oxygen atoms in total. The number of nitrogens with one attached hydrogen (secondary N) is 1. The lowest BCUT2D eigenvalue weighted by molar-refractivity contribution is 0.102. The highest BCUT2D eigenvalue weighted by atomic mass is 35.5. The number of anilines is 1. The number of ether oxygens (including phenoxy) is 2. The molecule has 21 heavy (non-hydrogen) atoms. The molecule has 2 aromatic rings. The van der Waals surface area contributed by atoms with Crippen molar-refractivity contribution in [2.75, 3.05) is 19.5 Å². The lowest BCUT2D eigenvalue weighted by atomic mass is 10.1. The van der Waals surface area contributed by atoms with Crippen LogP contribution in [0.25, 0.3) is 0 Å². The highest BCUT2D eigenvalue weighted by Gasteiger charge is 2.20. The number of amides is 1. The first-order chi connectivity index (χ1) is 10.1. The monoisotopic (exact) mass is 327 g/mol. The average molecular weight is 328 g/mol. The van der Waals surface area contributed by atoms with E-state index in [4.69, 9.17) is 32.7 Å². The second-order valence-corrected chi connectivity index (χ2v) is 4.55. The van der Waals surface area contributed by atoms with Gasteiger partial charge >= 0.3 is 0 Å². The van der Waals surface area contributed by atoms with Crippen LogP contribution >= 0.6 is 23.2 Å². The number of rotatable bonds is 4. The van der Waals surface area contributed by atoms with Crippen molar-refractivity contribution >= 4 is 34.9 Å². The molecular formula is C13H11Cl2N3O3. The molecule has 2 rings (SSSR count). The molecule has 0 bridgehead atoms. The summed E-state index contributed by atoms with van der Waals surface area (Å²) in [6.45, 7) is 0. The van der Waals surface area contributed by atoms with Crippen molar-refractivity contribution in [3.63, 3.8) is 0 Å². The van der Waals surface area contributed by atoms with E-state index in [0.29, 0.717) is 11.5 Å². The van der Waals surface area contributed by atoms with Gasteiger partial charge in [-0.2, -0.15) is 0 Å². The van der Waals surface area contributed by atoms with Crippen molar-refractivity contribution in [1.82, 2.24) is 9.97 Å². The molecule has 0 saturated carbocycles. The molecule has 0 saturated heterocycles. The molecule has 1 N–H and O–H groups in total. The number of aromatic nitrogens is 2. The summed E-state index contributed by atoms with van der Waals surface area (Å²) in [4.78, 5) is 20.0. The van der Waals surface area contributed by atoms with Gasteiger partial charge in [-0.3, -0.25) is 4.79 Å². The molecule has 0 fully saturated rings. The summed E-state index contributed by atoms with van der Waals surface area (Å²) in [5.74, 6) is 0.349. The average Bonchev–Trinajstić information content (AvgIpc) is 2.50. The van der Waals surface area contributed by atoms with Gasteiger partial charge in [-0.05, 0) is 12.1 Å². The number of halogens is 2. The Hall–Kier alpha value is -2.05. The summed E-state index contributed by atoms with van der Waals surface area (Å²) in [5.41, 5.74) is 0.230. The zero-order chi connectivity index (χ0) is 15.4. The molecule has 0 spiro atoms. The van der Waals surface area contributed by atoms with Crippen LogP contribution in [0.4, 0.5) is 5.82 Å². The summed E-state index contributed by atoms with van der Waals surface area (Å²) >= 11 is 11.7. The number of nitrogens with zero attached hydrogens (tertiary/aromatic N) is 2. The first-order valence-corrected chi connectivity index (χ1v) is 6.52. The Morgan fingerprint density at radius 2 is 1.76 bits per heavy atom. The fraction of sp³-hybridized carbons (Fsp3) is 0.154. The topological polar surface area (TPSA) is 73.3 Å². The van der Waals surface area contributed by atoms with Gasteiger partial charge in [-0.15, -0.1) is 0 Å². The van der Waals surface area contributed by atoms with Gasteiger partial charge in [0.2, 0.25) is 0 Å². The van der Waals surface area contributed by atoms with Crippen molar-refractivity contribution in [1.29, 1.82) is 0 Å². The minimum Gasteiger partial charge on any atom is -0.496 e. The molecular weight excluding hydrogens is 317 g/mol. The van der Waals surface area contributed by atoms with Gasteiger partial charge in [0, 0.05) is 0 Å². The zero-order valence-electron chi connectivity index (χ0n) is 11.2. The number of benzene rings is 1. The van der Waals surface area contributed by atoms with Crippen LogP contribution in [0.3, 0.4) is 0 Å². The molecule has 0 atom stereocenters. The van der Waals surface area contributed by atoms with Crippen LogP contribution in [0, 0.1) is 0 Å². The molecule has 0 unspecified atom stereocenters. The van der Waals surface area contributed by atoms with Crippen LogP contribution < -0.4 is 14.8 Å². The normalized spacial score (nSPS) is 10.1. The van der Waals surface area contributed by atoms with Gasteiger partial charge in [0.15, 0.2) is 11.0 Å². The molecule has 1 heterocycles. The van der Waals surface area contributed by atoms with Crippen LogP contribution in [-0.4, -0.2) is 30.1 Å². The van der Waals surface area contributed by atoms with Crippen molar-refractivity contribution in [3.8, 4) is 11.5 Å². The van der Waals surface area contributed by atoms with E-state index in [1.165, 1.54) is 20.5 Å². The smallest absolute Gasteiger partial charge is 0.264 e. The van der Waals surface area contributed by atoms with E-state index in [-0.39, 0.29) is 21.6 Å². The van der Waals surface area contributed by atoms with Crippen LogP contribution in [0.5, 0.6) is 11.5 Å². The molecule has 0 radical (unpaired) electrons. The molecule has 110 valence electrons. The van der Waals surface area contributed by atoms with Gasteiger partial charge in [0.05, 0.1) is 14.2 Å². The van der Waals surface area contributed by atoms with Crippen molar-refractivity contribution in [2.24, 2.45) is 0 Å². The van der Waals surface area contributed by atoms with Crippen molar-refractivity contribution < 1.29 is 14.3 Å². The predicted molar refractivity (Wildman–Crippen MR) is 79.6 cm³/mol. The van der Waals surface area contributed by atoms with Crippen LogP contribution in [0.1, 0.15) is 10.4 Å². The minimum atomic E-state index is -0.485. The Balaban J connectivity index is 2.39. The maximum Gasteiger partial charge on any atom is 0.264 e. The van der Waals surface area contributed by atoms with E-state index in [1.54, 1.807) is 18.2 Å². The summed E-state index contributed by atoms with van der Waals surface area (Å²) in [5, 5.41) is 2.66. The summed E-state index contributed by atoms with van der Waals surface area (Å²) in [7, 11) is 2.92. The van der Waals surface area contributed by atoms with Crippen molar-refractivity contribution in [2.45, 2.75) is 0 Å². The standard InChI is InChI=1S/C13H11Cl2N3O3/c1-20-7-4-3-5-8(21-2)9(7)13(19)18-12-10(14)11(15)16-6-17-12/h3-6H,1-2H3,(H,16,17,18,19). The Morgan fingerprint density at radius 1 is 1.14 bits per heavy atom. The van der Waals surface area contributed by atoms with Crippen molar-refractivity contribution in [3.05, 3.63) is 40.3 Å². The molecule has 1 aromatic heterocycles. The number of methoxy groups -OCH3 is 2. The lowest BCUT2D eigenvalue weighted by Crippen LogP contribution is -2.16. The van der Waals surface area contributed by atoms with Crippen LogP contribution in [0.15, 0.2) is 24.5 Å². The number of carbonyl (C=O) groups excluding carboxylic acids is 1. The van der Waals surface area contributed by atoms with E-state index in [2.05, 4.69) is 15.3 Å². The zero-order valence-corrected chi connectivity index (χ0v) is 12.7. The summed E-state index contributed by atoms with van der Waals surface area (Å²) in [6, 6.07) is 5.00. The van der Waals surface area contributed by atoms with E-state index < -0.39 is 5.91 Å². The second-order valence-electron chi connectivity index (χ2n) is 3.82. The quantitative estimate of drug-likeness (QED) is 0.873. The van der Waals surface area contributed by atoms with E-state index in [1.807, 2.05) is 0 Å². The first kappa shape index (κ1) is 15.3. The fourth-order valence-electron chi connectivity index (χ4n) is 1.68. The van der Waals surface area contributed by atoms with Gasteiger partial charge in [0.1, 0.15) is 28.4 Å². The van der Waals surface area contributed by atoms with Gasteiger partial charge < -0.3 is 14.8 Å². The lowest BCUT2D eigenvalue weighted by Gasteiger charge is -2.13. The third-order valence-electron chi connectivity index (χ3n) is 2.63. The SMILES string of the molecule is COc1cccc(OC)c1C(=O)Nc1ncnc(Cl)c1Cl. The van der Waals surface area contributed by atoms with Gasteiger partial charge in [0.25, 0.3) is 5.91 Å². The van der Waals surface area contributed by atoms with E-state index in [9.17, 15) is 4.79 Å². The highest BCUT2D eigenvalue weighted by Crippen LogP contribution is 2.31. The molecule has 0 aliphatic rings. The summed E-state index contributed by atoms with van der Waals surface area (Å²) in [6.07, 6.45) is 1.20. The van der Waals surface area contributed by atoms with Gasteiger partial charge in [-0.25, -0.2) is 9.97 Å². The first-order valence-electron chi connectivity index (χ1n) is 5.76. The maximum atomic E-state index is 12.4. The Bertz CT molecular complexity index is 657. The van der Waals surface area contributed by atoms with Crippen LogP contribution in [0.2, 0.25) is 10.2 Å². The van der Waals surface area contributed by atoms with Crippen LogP contribution in [-0.2, 0) is 0 Å². The fourth-order valence-corrected chi connectivity index (χ4v) is 1.96. The Kier molecular flexibility index (Phi) is 4.82. The van der Waals surface area contributed by atoms with E-state index in [0.717, 1.165) is 0 Å². The molecule has 8 heteroatoms. The Morgan fingerprint density at radius 3 is 2.33 bits per heavy atom. The minimum absolute atomic E-state index is 0.0500. The molecule has 1 aromatic carbocycles.